The first-order valence-corrected chi connectivity index (χ1v) is 4.58. The zero-order valence-electron chi connectivity index (χ0n) is 7.60. The third kappa shape index (κ3) is 2.80. The van der Waals surface area contributed by atoms with E-state index in [0.717, 1.165) is 12.5 Å². The molecule has 0 aliphatic carbocycles. The summed E-state index contributed by atoms with van der Waals surface area (Å²) < 4.78 is 5.31. The van der Waals surface area contributed by atoms with Crippen LogP contribution in [0, 0.1) is 5.92 Å². The number of ether oxygens (including phenoxy) is 1. The van der Waals surface area contributed by atoms with Crippen LogP contribution in [0.15, 0.2) is 0 Å². The molecule has 0 saturated carbocycles. The van der Waals surface area contributed by atoms with Crippen molar-refractivity contribution in [2.75, 3.05) is 20.2 Å². The van der Waals surface area contributed by atoms with E-state index >= 15 is 0 Å². The second-order valence-corrected chi connectivity index (χ2v) is 3.40. The molecule has 1 N–H and O–H groups in total. The Balaban J connectivity index is 2.30. The summed E-state index contributed by atoms with van der Waals surface area (Å²) in [5.41, 5.74) is 0. The van der Waals surface area contributed by atoms with Crippen molar-refractivity contribution in [1.82, 2.24) is 5.32 Å². The van der Waals surface area contributed by atoms with Crippen molar-refractivity contribution in [2.24, 2.45) is 5.92 Å². The van der Waals surface area contributed by atoms with Crippen molar-refractivity contribution in [2.45, 2.75) is 32.3 Å². The molecule has 0 amide bonds. The zero-order chi connectivity index (χ0) is 8.10. The molecule has 11 heavy (non-hydrogen) atoms. The van der Waals surface area contributed by atoms with Crippen LogP contribution in [0.1, 0.15) is 26.2 Å². The Bertz CT molecular complexity index is 97.7. The van der Waals surface area contributed by atoms with Gasteiger partial charge in [0.15, 0.2) is 0 Å². The van der Waals surface area contributed by atoms with Gasteiger partial charge in [-0.3, -0.25) is 0 Å². The van der Waals surface area contributed by atoms with E-state index in [1.165, 1.54) is 25.8 Å². The van der Waals surface area contributed by atoms with Gasteiger partial charge < -0.3 is 10.1 Å². The molecule has 0 bridgehead atoms. The molecule has 2 atom stereocenters. The monoisotopic (exact) mass is 157 g/mol. The summed E-state index contributed by atoms with van der Waals surface area (Å²) in [5, 5.41) is 3.43. The Kier molecular flexibility index (Phi) is 3.87. The van der Waals surface area contributed by atoms with E-state index in [4.69, 9.17) is 4.74 Å². The number of nitrogens with one attached hydrogen (secondary N) is 1. The van der Waals surface area contributed by atoms with Gasteiger partial charge in [0.2, 0.25) is 0 Å². The van der Waals surface area contributed by atoms with Crippen molar-refractivity contribution in [1.29, 1.82) is 0 Å². The fraction of sp³-hybridized carbons (Fsp3) is 1.00. The minimum Gasteiger partial charge on any atom is -0.381 e. The first-order chi connectivity index (χ1) is 5.34. The fourth-order valence-electron chi connectivity index (χ4n) is 1.64. The van der Waals surface area contributed by atoms with Crippen LogP contribution in [0.4, 0.5) is 0 Å². The molecule has 1 aliphatic heterocycles. The van der Waals surface area contributed by atoms with E-state index in [-0.39, 0.29) is 0 Å². The average Bonchev–Trinajstić information content (AvgIpc) is 2.30. The Morgan fingerprint density at radius 2 is 2.27 bits per heavy atom. The quantitative estimate of drug-likeness (QED) is 0.654. The second-order valence-electron chi connectivity index (χ2n) is 3.40. The molecule has 2 unspecified atom stereocenters. The van der Waals surface area contributed by atoms with Gasteiger partial charge in [-0.2, -0.15) is 0 Å². The number of methoxy groups -OCH3 is 1. The first kappa shape index (κ1) is 9.01. The molecule has 1 rings (SSSR count). The van der Waals surface area contributed by atoms with Crippen molar-refractivity contribution < 1.29 is 4.74 Å². The maximum Gasteiger partial charge on any atom is 0.0583 e. The molecule has 1 heterocycles. The van der Waals surface area contributed by atoms with E-state index in [2.05, 4.69) is 12.2 Å². The molecule has 0 radical (unpaired) electrons. The lowest BCUT2D eigenvalue weighted by atomic mass is 9.98. The van der Waals surface area contributed by atoms with Crippen LogP contribution in [-0.2, 0) is 4.74 Å². The number of rotatable bonds is 2. The highest BCUT2D eigenvalue weighted by molar-refractivity contribution is 4.72. The van der Waals surface area contributed by atoms with Crippen LogP contribution < -0.4 is 5.32 Å². The van der Waals surface area contributed by atoms with Crippen LogP contribution in [-0.4, -0.2) is 26.3 Å². The Hall–Kier alpha value is -0.0800. The van der Waals surface area contributed by atoms with Gasteiger partial charge in [0.25, 0.3) is 0 Å². The van der Waals surface area contributed by atoms with Crippen LogP contribution in [0.3, 0.4) is 0 Å². The highest BCUT2D eigenvalue weighted by Gasteiger charge is 2.17. The summed E-state index contributed by atoms with van der Waals surface area (Å²) in [4.78, 5) is 0. The van der Waals surface area contributed by atoms with Crippen molar-refractivity contribution in [3.05, 3.63) is 0 Å². The van der Waals surface area contributed by atoms with Crippen LogP contribution in [0.5, 0.6) is 0 Å². The number of hydrogen-bond acceptors (Lipinski definition) is 2. The molecule has 2 nitrogen and oxygen atoms in total. The average molecular weight is 157 g/mol. The van der Waals surface area contributed by atoms with Gasteiger partial charge in [0.1, 0.15) is 0 Å². The van der Waals surface area contributed by atoms with Crippen LogP contribution in [0.25, 0.3) is 0 Å². The van der Waals surface area contributed by atoms with E-state index in [1.807, 2.05) is 0 Å². The minimum absolute atomic E-state index is 0.417. The van der Waals surface area contributed by atoms with Crippen molar-refractivity contribution in [3.8, 4) is 0 Å². The van der Waals surface area contributed by atoms with E-state index in [1.54, 1.807) is 7.11 Å². The molecule has 0 aromatic rings. The summed E-state index contributed by atoms with van der Waals surface area (Å²) in [6, 6.07) is 0. The standard InChI is InChI=1S/C9H19NO/c1-8(11-2)9-5-3-4-6-10-7-9/h8-10H,3-7H2,1-2H3. The highest BCUT2D eigenvalue weighted by Crippen LogP contribution is 2.16. The third-order valence-electron chi connectivity index (χ3n) is 2.62. The topological polar surface area (TPSA) is 21.3 Å². The SMILES string of the molecule is COC(C)C1CCCCNC1. The molecule has 1 aliphatic rings. The second kappa shape index (κ2) is 4.73. The summed E-state index contributed by atoms with van der Waals surface area (Å²) in [6.07, 6.45) is 4.42. The third-order valence-corrected chi connectivity index (χ3v) is 2.62. The zero-order valence-corrected chi connectivity index (χ0v) is 7.60. The van der Waals surface area contributed by atoms with Gasteiger partial charge >= 0.3 is 0 Å². The van der Waals surface area contributed by atoms with Gasteiger partial charge in [-0.05, 0) is 32.2 Å². The number of hydrogen-bond donors (Lipinski definition) is 1. The maximum atomic E-state index is 5.31. The first-order valence-electron chi connectivity index (χ1n) is 4.58. The Labute approximate surface area is 69.3 Å². The van der Waals surface area contributed by atoms with Crippen LogP contribution in [0.2, 0.25) is 0 Å². The summed E-state index contributed by atoms with van der Waals surface area (Å²) in [5.74, 6) is 0.725. The predicted molar refractivity (Wildman–Crippen MR) is 46.7 cm³/mol. The lowest BCUT2D eigenvalue weighted by molar-refractivity contribution is 0.0649. The van der Waals surface area contributed by atoms with E-state index in [0.29, 0.717) is 6.10 Å². The summed E-state index contributed by atoms with van der Waals surface area (Å²) in [6.45, 7) is 4.49. The molecule has 1 saturated heterocycles. The van der Waals surface area contributed by atoms with E-state index < -0.39 is 0 Å². The van der Waals surface area contributed by atoms with Gasteiger partial charge in [0.05, 0.1) is 6.10 Å². The van der Waals surface area contributed by atoms with E-state index in [9.17, 15) is 0 Å². The molecule has 66 valence electrons. The van der Waals surface area contributed by atoms with Gasteiger partial charge in [-0.1, -0.05) is 6.42 Å². The summed E-state index contributed by atoms with van der Waals surface area (Å²) >= 11 is 0. The molecular weight excluding hydrogens is 138 g/mol. The minimum atomic E-state index is 0.417. The predicted octanol–water partition coefficient (Wildman–Crippen LogP) is 1.41. The molecule has 0 spiro atoms. The Morgan fingerprint density at radius 1 is 1.45 bits per heavy atom. The van der Waals surface area contributed by atoms with Gasteiger partial charge in [-0.15, -0.1) is 0 Å². The molecule has 0 aromatic carbocycles. The van der Waals surface area contributed by atoms with Gasteiger partial charge in [0, 0.05) is 13.7 Å². The lowest BCUT2D eigenvalue weighted by Gasteiger charge is -2.20. The smallest absolute Gasteiger partial charge is 0.0583 e. The molecule has 2 heteroatoms. The van der Waals surface area contributed by atoms with Gasteiger partial charge in [-0.25, -0.2) is 0 Å². The molecule has 0 aromatic heterocycles. The largest absolute Gasteiger partial charge is 0.381 e. The molecule has 1 fully saturated rings. The lowest BCUT2D eigenvalue weighted by Crippen LogP contribution is -2.29. The fourth-order valence-corrected chi connectivity index (χ4v) is 1.64. The summed E-state index contributed by atoms with van der Waals surface area (Å²) in [7, 11) is 1.80. The highest BCUT2D eigenvalue weighted by atomic mass is 16.5. The van der Waals surface area contributed by atoms with Crippen molar-refractivity contribution >= 4 is 0 Å². The normalized spacial score (nSPS) is 29.5. The van der Waals surface area contributed by atoms with Crippen LogP contribution >= 0.6 is 0 Å². The maximum absolute atomic E-state index is 5.31. The Morgan fingerprint density at radius 3 is 3.00 bits per heavy atom. The van der Waals surface area contributed by atoms with Crippen molar-refractivity contribution in [3.63, 3.8) is 0 Å². The molecular formula is C9H19NO.